The zero-order chi connectivity index (χ0) is 17.4. The van der Waals surface area contributed by atoms with E-state index in [4.69, 9.17) is 38.5 Å². The van der Waals surface area contributed by atoms with Gasteiger partial charge in [0.05, 0.1) is 15.6 Å². The van der Waals surface area contributed by atoms with E-state index in [2.05, 4.69) is 0 Å². The van der Waals surface area contributed by atoms with E-state index >= 15 is 0 Å². The number of hydrogen-bond acceptors (Lipinski definition) is 3. The van der Waals surface area contributed by atoms with Crippen molar-refractivity contribution in [1.29, 1.82) is 0 Å². The molecule has 0 saturated carbocycles. The second-order valence-corrected chi connectivity index (χ2v) is 4.95. The Labute approximate surface area is 142 Å². The molecule has 0 radical (unpaired) electrons. The molecule has 3 N–H and O–H groups in total. The minimum absolute atomic E-state index is 0.0270. The molecule has 0 aliphatic rings. The summed E-state index contributed by atoms with van der Waals surface area (Å²) in [5.41, 5.74) is 0.773. The van der Waals surface area contributed by atoms with Crippen LogP contribution < -0.4 is 0 Å². The van der Waals surface area contributed by atoms with Crippen LogP contribution in [0.15, 0.2) is 48.5 Å². The molecule has 23 heavy (non-hydrogen) atoms. The van der Waals surface area contributed by atoms with Gasteiger partial charge in [0.1, 0.15) is 5.75 Å². The summed E-state index contributed by atoms with van der Waals surface area (Å²) in [5, 5.41) is 26.1. The second-order valence-electron chi connectivity index (χ2n) is 4.17. The molecule has 0 aromatic heterocycles. The van der Waals surface area contributed by atoms with E-state index in [1.165, 1.54) is 36.4 Å². The molecule has 0 amide bonds. The number of rotatable bonds is 3. The van der Waals surface area contributed by atoms with Crippen LogP contribution in [0.25, 0.3) is 6.08 Å². The maximum Gasteiger partial charge on any atom is 0.337 e. The Bertz CT molecular complexity index is 724. The number of phenols is 1. The molecule has 5 nitrogen and oxygen atoms in total. The van der Waals surface area contributed by atoms with Crippen molar-refractivity contribution in [2.45, 2.75) is 0 Å². The fourth-order valence-electron chi connectivity index (χ4n) is 1.42. The Balaban J connectivity index is 0.000000231. The first-order valence-electron chi connectivity index (χ1n) is 6.18. The number of phenolic OH excluding ortho intramolecular Hbond substituents is 1. The fraction of sp³-hybridized carbons (Fsp3) is 0. The molecule has 2 aromatic carbocycles. The predicted octanol–water partition coefficient (Wildman–Crippen LogP) is 4.18. The highest BCUT2D eigenvalue weighted by atomic mass is 35.5. The van der Waals surface area contributed by atoms with Crippen LogP contribution in [0.2, 0.25) is 10.0 Å². The van der Waals surface area contributed by atoms with E-state index in [1.807, 2.05) is 0 Å². The Hall–Kier alpha value is -2.50. The number of halogens is 2. The molecule has 7 heteroatoms. The Morgan fingerprint density at radius 2 is 1.57 bits per heavy atom. The Morgan fingerprint density at radius 1 is 0.957 bits per heavy atom. The van der Waals surface area contributed by atoms with E-state index in [0.29, 0.717) is 0 Å². The number of aromatic carboxylic acids is 1. The normalized spacial score (nSPS) is 10.0. The summed E-state index contributed by atoms with van der Waals surface area (Å²) in [6.45, 7) is 0. The molecule has 0 spiro atoms. The number of hydrogen-bond donors (Lipinski definition) is 3. The van der Waals surface area contributed by atoms with Crippen LogP contribution in [-0.2, 0) is 4.79 Å². The van der Waals surface area contributed by atoms with Crippen LogP contribution in [0.5, 0.6) is 5.75 Å². The summed E-state index contributed by atoms with van der Waals surface area (Å²) >= 11 is 11.1. The summed E-state index contributed by atoms with van der Waals surface area (Å²) < 4.78 is 0. The number of carbonyl (C=O) groups is 2. The maximum atomic E-state index is 10.4. The average Bonchev–Trinajstić information content (AvgIpc) is 2.50. The molecule has 120 valence electrons. The van der Waals surface area contributed by atoms with E-state index < -0.39 is 11.9 Å². The van der Waals surface area contributed by atoms with Crippen LogP contribution in [0, 0.1) is 0 Å². The van der Waals surface area contributed by atoms with Crippen molar-refractivity contribution in [1.82, 2.24) is 0 Å². The molecular formula is C16H12Cl2O5. The van der Waals surface area contributed by atoms with Gasteiger partial charge in [0.25, 0.3) is 0 Å². The number of aliphatic carboxylic acids is 1. The van der Waals surface area contributed by atoms with Crippen molar-refractivity contribution in [3.63, 3.8) is 0 Å². The lowest BCUT2D eigenvalue weighted by Crippen LogP contribution is -1.96. The van der Waals surface area contributed by atoms with Crippen molar-refractivity contribution in [3.8, 4) is 5.75 Å². The van der Waals surface area contributed by atoms with E-state index in [9.17, 15) is 9.59 Å². The summed E-state index contributed by atoms with van der Waals surface area (Å²) in [7, 11) is 0. The van der Waals surface area contributed by atoms with E-state index in [0.717, 1.165) is 11.6 Å². The largest absolute Gasteiger partial charge is 0.508 e. The van der Waals surface area contributed by atoms with Gasteiger partial charge in [0, 0.05) is 6.08 Å². The lowest BCUT2D eigenvalue weighted by Gasteiger charge is -1.98. The van der Waals surface area contributed by atoms with E-state index in [1.54, 1.807) is 12.1 Å². The summed E-state index contributed by atoms with van der Waals surface area (Å²) in [4.78, 5) is 20.5. The number of benzene rings is 2. The molecule has 0 bridgehead atoms. The van der Waals surface area contributed by atoms with Crippen LogP contribution in [0.1, 0.15) is 15.9 Å². The molecule has 0 atom stereocenters. The van der Waals surface area contributed by atoms with Crippen LogP contribution >= 0.6 is 23.2 Å². The summed E-state index contributed by atoms with van der Waals surface area (Å²) in [6.07, 6.45) is 2.51. The molecule has 2 rings (SSSR count). The standard InChI is InChI=1S/C9H8O3.C7H4Cl2O2/c10-8-4-1-7(2-5-8)3-6-9(11)12;8-5-3-1-2-4(6(5)9)7(10)11/h1-6,10H,(H,11,12);1-3H,(H,10,11). The topological polar surface area (TPSA) is 94.8 Å². The van der Waals surface area contributed by atoms with Gasteiger partial charge in [0.2, 0.25) is 0 Å². The molecule has 0 unspecified atom stereocenters. The maximum absolute atomic E-state index is 10.4. The molecule has 0 saturated heterocycles. The van der Waals surface area contributed by atoms with Crippen LogP contribution in [0.3, 0.4) is 0 Å². The van der Waals surface area contributed by atoms with Crippen molar-refractivity contribution < 1.29 is 24.9 Å². The SMILES string of the molecule is O=C(O)C=Cc1ccc(O)cc1.O=C(O)c1cccc(Cl)c1Cl. The third kappa shape index (κ3) is 6.42. The van der Waals surface area contributed by atoms with Crippen LogP contribution in [-0.4, -0.2) is 27.3 Å². The van der Waals surface area contributed by atoms with Gasteiger partial charge < -0.3 is 15.3 Å². The van der Waals surface area contributed by atoms with Gasteiger partial charge in [-0.3, -0.25) is 0 Å². The quantitative estimate of drug-likeness (QED) is 0.718. The Morgan fingerprint density at radius 3 is 2.04 bits per heavy atom. The lowest BCUT2D eigenvalue weighted by molar-refractivity contribution is -0.131. The van der Waals surface area contributed by atoms with Gasteiger partial charge in [-0.1, -0.05) is 41.4 Å². The molecule has 0 heterocycles. The second kappa shape index (κ2) is 8.82. The number of carboxylic acid groups (broad SMARTS) is 2. The highest BCUT2D eigenvalue weighted by Gasteiger charge is 2.09. The zero-order valence-corrected chi connectivity index (χ0v) is 13.1. The first-order valence-corrected chi connectivity index (χ1v) is 6.94. The molecular weight excluding hydrogens is 343 g/mol. The highest BCUT2D eigenvalue weighted by molar-refractivity contribution is 6.43. The first kappa shape index (κ1) is 18.5. The zero-order valence-electron chi connectivity index (χ0n) is 11.6. The molecule has 0 aliphatic heterocycles. The minimum Gasteiger partial charge on any atom is -0.508 e. The fourth-order valence-corrected chi connectivity index (χ4v) is 1.80. The molecule has 0 fully saturated rings. The van der Waals surface area contributed by atoms with Crippen molar-refractivity contribution in [3.05, 3.63) is 69.7 Å². The van der Waals surface area contributed by atoms with Gasteiger partial charge in [0.15, 0.2) is 0 Å². The van der Waals surface area contributed by atoms with Gasteiger partial charge in [-0.05, 0) is 35.9 Å². The van der Waals surface area contributed by atoms with Gasteiger partial charge in [-0.2, -0.15) is 0 Å². The first-order chi connectivity index (χ1) is 10.8. The predicted molar refractivity (Wildman–Crippen MR) is 88.2 cm³/mol. The van der Waals surface area contributed by atoms with Crippen molar-refractivity contribution in [2.24, 2.45) is 0 Å². The average molecular weight is 355 g/mol. The molecule has 2 aromatic rings. The third-order valence-corrected chi connectivity index (χ3v) is 3.31. The summed E-state index contributed by atoms with van der Waals surface area (Å²) in [6, 6.07) is 10.7. The van der Waals surface area contributed by atoms with Crippen LogP contribution in [0.4, 0.5) is 0 Å². The third-order valence-electron chi connectivity index (χ3n) is 2.49. The number of aromatic hydroxyl groups is 1. The van der Waals surface area contributed by atoms with Crippen molar-refractivity contribution in [2.75, 3.05) is 0 Å². The van der Waals surface area contributed by atoms with Crippen molar-refractivity contribution >= 4 is 41.2 Å². The van der Waals surface area contributed by atoms with Gasteiger partial charge in [-0.25, -0.2) is 9.59 Å². The highest BCUT2D eigenvalue weighted by Crippen LogP contribution is 2.25. The van der Waals surface area contributed by atoms with Gasteiger partial charge in [-0.15, -0.1) is 0 Å². The van der Waals surface area contributed by atoms with E-state index in [-0.39, 0.29) is 21.4 Å². The van der Waals surface area contributed by atoms with Gasteiger partial charge >= 0.3 is 11.9 Å². The minimum atomic E-state index is -1.07. The Kier molecular flexibility index (Phi) is 7.12. The number of carboxylic acids is 2. The monoisotopic (exact) mass is 354 g/mol. The lowest BCUT2D eigenvalue weighted by atomic mass is 10.2. The molecule has 0 aliphatic carbocycles. The smallest absolute Gasteiger partial charge is 0.337 e. The summed E-state index contributed by atoms with van der Waals surface area (Å²) in [5.74, 6) is -1.89.